The summed E-state index contributed by atoms with van der Waals surface area (Å²) in [5, 5.41) is 13.4. The molecule has 3 unspecified atom stereocenters. The van der Waals surface area contributed by atoms with Crippen LogP contribution in [-0.4, -0.2) is 38.0 Å². The number of ether oxygens (including phenoxy) is 2. The van der Waals surface area contributed by atoms with Gasteiger partial charge in [0.15, 0.2) is 11.5 Å². The Balaban J connectivity index is 2.01. The van der Waals surface area contributed by atoms with Gasteiger partial charge in [-0.3, -0.25) is 0 Å². The highest BCUT2D eigenvalue weighted by Gasteiger charge is 2.26. The molecule has 0 heterocycles. The molecular formula is C19H31NO3. The fourth-order valence-electron chi connectivity index (χ4n) is 3.56. The maximum atomic E-state index is 9.59. The van der Waals surface area contributed by atoms with Crippen molar-refractivity contribution in [1.29, 1.82) is 0 Å². The highest BCUT2D eigenvalue weighted by atomic mass is 16.5. The smallest absolute Gasteiger partial charge is 0.160 e. The SMILES string of the molecule is CCC(Cc1ccc(OC)c(OC)c1)NC1CCCCC1CO. The van der Waals surface area contributed by atoms with Crippen LogP contribution < -0.4 is 14.8 Å². The maximum absolute atomic E-state index is 9.59. The third-order valence-corrected chi connectivity index (χ3v) is 5.02. The van der Waals surface area contributed by atoms with Gasteiger partial charge in [-0.25, -0.2) is 0 Å². The minimum Gasteiger partial charge on any atom is -0.493 e. The van der Waals surface area contributed by atoms with Crippen LogP contribution in [0.25, 0.3) is 0 Å². The van der Waals surface area contributed by atoms with Crippen molar-refractivity contribution in [2.24, 2.45) is 5.92 Å². The largest absolute Gasteiger partial charge is 0.493 e. The molecule has 1 fully saturated rings. The Morgan fingerprint density at radius 3 is 2.57 bits per heavy atom. The quantitative estimate of drug-likeness (QED) is 0.772. The first-order valence-electron chi connectivity index (χ1n) is 8.79. The monoisotopic (exact) mass is 321 g/mol. The number of methoxy groups -OCH3 is 2. The molecule has 1 aliphatic rings. The standard InChI is InChI=1S/C19H31NO3/c1-4-16(20-17-8-6-5-7-15(17)13-21)11-14-9-10-18(22-2)19(12-14)23-3/h9-10,12,15-17,20-21H,4-8,11,13H2,1-3H3. The molecule has 1 aliphatic carbocycles. The van der Waals surface area contributed by atoms with Crippen molar-refractivity contribution < 1.29 is 14.6 Å². The van der Waals surface area contributed by atoms with Gasteiger partial charge in [-0.05, 0) is 49.3 Å². The Bertz CT molecular complexity index is 478. The summed E-state index contributed by atoms with van der Waals surface area (Å²) in [5.41, 5.74) is 1.25. The Kier molecular flexibility index (Phi) is 7.18. The van der Waals surface area contributed by atoms with Crippen molar-refractivity contribution in [2.75, 3.05) is 20.8 Å². The van der Waals surface area contributed by atoms with E-state index in [0.29, 0.717) is 24.6 Å². The van der Waals surface area contributed by atoms with Gasteiger partial charge in [-0.15, -0.1) is 0 Å². The second kappa shape index (κ2) is 9.14. The molecule has 2 rings (SSSR count). The van der Waals surface area contributed by atoms with Crippen LogP contribution in [0, 0.1) is 5.92 Å². The molecule has 0 saturated heterocycles. The zero-order valence-electron chi connectivity index (χ0n) is 14.7. The summed E-state index contributed by atoms with van der Waals surface area (Å²) in [6, 6.07) is 7.01. The van der Waals surface area contributed by atoms with Gasteiger partial charge < -0.3 is 19.9 Å². The Morgan fingerprint density at radius 2 is 1.91 bits per heavy atom. The molecule has 0 radical (unpaired) electrons. The number of rotatable bonds is 8. The summed E-state index contributed by atoms with van der Waals surface area (Å²) in [5.74, 6) is 1.96. The number of aliphatic hydroxyl groups excluding tert-OH is 1. The van der Waals surface area contributed by atoms with Gasteiger partial charge in [0.25, 0.3) is 0 Å². The summed E-state index contributed by atoms with van der Waals surface area (Å²) in [6.07, 6.45) is 6.86. The molecule has 4 nitrogen and oxygen atoms in total. The molecule has 23 heavy (non-hydrogen) atoms. The number of aliphatic hydroxyl groups is 1. The van der Waals surface area contributed by atoms with E-state index in [1.54, 1.807) is 14.2 Å². The van der Waals surface area contributed by atoms with E-state index in [1.807, 2.05) is 6.07 Å². The molecule has 0 amide bonds. The van der Waals surface area contributed by atoms with Gasteiger partial charge in [0.1, 0.15) is 0 Å². The van der Waals surface area contributed by atoms with Gasteiger partial charge in [-0.2, -0.15) is 0 Å². The van der Waals surface area contributed by atoms with E-state index in [-0.39, 0.29) is 0 Å². The molecule has 0 aliphatic heterocycles. The van der Waals surface area contributed by atoms with Crippen molar-refractivity contribution in [1.82, 2.24) is 5.32 Å². The Labute approximate surface area is 140 Å². The van der Waals surface area contributed by atoms with E-state index < -0.39 is 0 Å². The lowest BCUT2D eigenvalue weighted by molar-refractivity contribution is 0.145. The molecule has 4 heteroatoms. The van der Waals surface area contributed by atoms with Crippen molar-refractivity contribution in [2.45, 2.75) is 57.5 Å². The lowest BCUT2D eigenvalue weighted by Crippen LogP contribution is -2.46. The average molecular weight is 321 g/mol. The van der Waals surface area contributed by atoms with Crippen molar-refractivity contribution >= 4 is 0 Å². The summed E-state index contributed by atoms with van der Waals surface area (Å²) in [7, 11) is 3.33. The zero-order chi connectivity index (χ0) is 16.7. The lowest BCUT2D eigenvalue weighted by Gasteiger charge is -2.34. The number of nitrogens with one attached hydrogen (secondary N) is 1. The van der Waals surface area contributed by atoms with Gasteiger partial charge >= 0.3 is 0 Å². The lowest BCUT2D eigenvalue weighted by atomic mass is 9.84. The van der Waals surface area contributed by atoms with Gasteiger partial charge in [0.05, 0.1) is 14.2 Å². The van der Waals surface area contributed by atoms with Crippen LogP contribution in [0.5, 0.6) is 11.5 Å². The normalized spacial score (nSPS) is 22.6. The van der Waals surface area contributed by atoms with Gasteiger partial charge in [0, 0.05) is 18.7 Å². The molecule has 1 aromatic rings. The highest BCUT2D eigenvalue weighted by Crippen LogP contribution is 2.29. The molecule has 1 aromatic carbocycles. The van der Waals surface area contributed by atoms with E-state index >= 15 is 0 Å². The molecule has 3 atom stereocenters. The van der Waals surface area contributed by atoms with E-state index in [4.69, 9.17) is 9.47 Å². The fourth-order valence-corrected chi connectivity index (χ4v) is 3.56. The number of hydrogen-bond acceptors (Lipinski definition) is 4. The summed E-state index contributed by atoms with van der Waals surface area (Å²) in [6.45, 7) is 2.51. The minimum absolute atomic E-state index is 0.296. The predicted octanol–water partition coefficient (Wildman–Crippen LogP) is 3.17. The van der Waals surface area contributed by atoms with E-state index in [2.05, 4.69) is 24.4 Å². The van der Waals surface area contributed by atoms with Crippen LogP contribution in [0.2, 0.25) is 0 Å². The van der Waals surface area contributed by atoms with Crippen LogP contribution in [0.3, 0.4) is 0 Å². The average Bonchev–Trinajstić information content (AvgIpc) is 2.61. The third kappa shape index (κ3) is 4.85. The topological polar surface area (TPSA) is 50.7 Å². The van der Waals surface area contributed by atoms with Gasteiger partial charge in [0.2, 0.25) is 0 Å². The maximum Gasteiger partial charge on any atom is 0.160 e. The molecule has 1 saturated carbocycles. The second-order valence-electron chi connectivity index (χ2n) is 6.50. The zero-order valence-corrected chi connectivity index (χ0v) is 14.7. The summed E-state index contributed by atoms with van der Waals surface area (Å²) >= 11 is 0. The molecular weight excluding hydrogens is 290 g/mol. The first kappa shape index (κ1) is 18.1. The molecule has 130 valence electrons. The third-order valence-electron chi connectivity index (χ3n) is 5.02. The summed E-state index contributed by atoms with van der Waals surface area (Å²) < 4.78 is 10.7. The van der Waals surface area contributed by atoms with Crippen LogP contribution in [0.15, 0.2) is 18.2 Å². The fraction of sp³-hybridized carbons (Fsp3) is 0.684. The molecule has 0 aromatic heterocycles. The van der Waals surface area contributed by atoms with E-state index in [0.717, 1.165) is 30.8 Å². The molecule has 0 spiro atoms. The van der Waals surface area contributed by atoms with Crippen LogP contribution in [-0.2, 0) is 6.42 Å². The first-order valence-corrected chi connectivity index (χ1v) is 8.79. The first-order chi connectivity index (χ1) is 11.2. The highest BCUT2D eigenvalue weighted by molar-refractivity contribution is 5.43. The predicted molar refractivity (Wildman–Crippen MR) is 93.3 cm³/mol. The molecule has 0 bridgehead atoms. The van der Waals surface area contributed by atoms with Gasteiger partial charge in [-0.1, -0.05) is 25.8 Å². The number of benzene rings is 1. The van der Waals surface area contributed by atoms with Crippen molar-refractivity contribution in [3.8, 4) is 11.5 Å². The van der Waals surface area contributed by atoms with Crippen molar-refractivity contribution in [3.63, 3.8) is 0 Å². The summed E-state index contributed by atoms with van der Waals surface area (Å²) in [4.78, 5) is 0. The minimum atomic E-state index is 0.296. The van der Waals surface area contributed by atoms with Crippen LogP contribution >= 0.6 is 0 Å². The van der Waals surface area contributed by atoms with E-state index in [9.17, 15) is 5.11 Å². The Morgan fingerprint density at radius 1 is 1.17 bits per heavy atom. The molecule has 2 N–H and O–H groups in total. The van der Waals surface area contributed by atoms with Crippen molar-refractivity contribution in [3.05, 3.63) is 23.8 Å². The number of hydrogen-bond donors (Lipinski definition) is 2. The Hall–Kier alpha value is -1.26. The van der Waals surface area contributed by atoms with Crippen LogP contribution in [0.4, 0.5) is 0 Å². The van der Waals surface area contributed by atoms with E-state index in [1.165, 1.54) is 24.8 Å². The second-order valence-corrected chi connectivity index (χ2v) is 6.50. The van der Waals surface area contributed by atoms with Crippen LogP contribution in [0.1, 0.15) is 44.6 Å².